The van der Waals surface area contributed by atoms with Crippen molar-refractivity contribution in [3.63, 3.8) is 0 Å². The Morgan fingerprint density at radius 2 is 1.97 bits per heavy atom. The first-order valence-electron chi connectivity index (χ1n) is 10.5. The van der Waals surface area contributed by atoms with Gasteiger partial charge in [-0.1, -0.05) is 47.6 Å². The average molecular weight is 435 g/mol. The molecule has 0 aliphatic carbocycles. The smallest absolute Gasteiger partial charge is 0.319 e. The van der Waals surface area contributed by atoms with Crippen molar-refractivity contribution in [3.8, 4) is 5.75 Å². The second-order valence-electron chi connectivity index (χ2n) is 7.44. The molecule has 1 fully saturated rings. The summed E-state index contributed by atoms with van der Waals surface area (Å²) >= 11 is 0. The van der Waals surface area contributed by atoms with Crippen molar-refractivity contribution in [1.82, 2.24) is 20.4 Å². The summed E-state index contributed by atoms with van der Waals surface area (Å²) in [6.45, 7) is 3.55. The summed E-state index contributed by atoms with van der Waals surface area (Å²) < 4.78 is 10.8. The number of nitrogens with zero attached hydrogens (tertiary/aromatic N) is 3. The zero-order valence-corrected chi connectivity index (χ0v) is 17.8. The van der Waals surface area contributed by atoms with Gasteiger partial charge in [0.1, 0.15) is 5.75 Å². The highest BCUT2D eigenvalue weighted by Crippen LogP contribution is 2.27. The van der Waals surface area contributed by atoms with E-state index in [0.717, 1.165) is 5.56 Å². The number of benzene rings is 2. The third-order valence-electron chi connectivity index (χ3n) is 5.11. The number of carbonyl (C=O) groups excluding carboxylic acids is 2. The number of hydrogen-bond donors (Lipinski definition) is 2. The fraction of sp³-hybridized carbons (Fsp3) is 0.304. The number of carbonyl (C=O) groups is 2. The van der Waals surface area contributed by atoms with Crippen molar-refractivity contribution >= 4 is 17.6 Å². The number of hydrogen-bond acceptors (Lipinski definition) is 6. The fourth-order valence-electron chi connectivity index (χ4n) is 3.58. The lowest BCUT2D eigenvalue weighted by Gasteiger charge is -2.15. The van der Waals surface area contributed by atoms with Crippen LogP contribution in [-0.2, 0) is 17.9 Å². The molecule has 9 heteroatoms. The van der Waals surface area contributed by atoms with Crippen LogP contribution in [-0.4, -0.2) is 40.1 Å². The Bertz CT molecular complexity index is 1070. The number of para-hydroxylation sites is 2. The molecule has 1 atom stereocenters. The molecule has 1 unspecified atom stereocenters. The van der Waals surface area contributed by atoms with Crippen molar-refractivity contribution in [2.75, 3.05) is 18.5 Å². The Morgan fingerprint density at radius 1 is 1.19 bits per heavy atom. The third-order valence-corrected chi connectivity index (χ3v) is 5.11. The SMILES string of the molecule is CCOc1ccccc1NC(=O)NCc1nc(C2CC(=O)N(Cc3ccccc3)C2)no1. The molecule has 1 aliphatic rings. The molecule has 4 rings (SSSR count). The van der Waals surface area contributed by atoms with Gasteiger partial charge in [-0.05, 0) is 24.6 Å². The summed E-state index contributed by atoms with van der Waals surface area (Å²) in [5.74, 6) is 1.29. The van der Waals surface area contributed by atoms with Crippen LogP contribution in [0.5, 0.6) is 5.75 Å². The van der Waals surface area contributed by atoms with Crippen molar-refractivity contribution in [1.29, 1.82) is 0 Å². The van der Waals surface area contributed by atoms with Crippen LogP contribution in [0.1, 0.15) is 36.5 Å². The topological polar surface area (TPSA) is 110 Å². The van der Waals surface area contributed by atoms with Gasteiger partial charge in [-0.3, -0.25) is 4.79 Å². The molecule has 2 N–H and O–H groups in total. The second kappa shape index (κ2) is 9.95. The minimum absolute atomic E-state index is 0.0654. The van der Waals surface area contributed by atoms with Crippen LogP contribution in [0, 0.1) is 0 Å². The van der Waals surface area contributed by atoms with Gasteiger partial charge < -0.3 is 24.8 Å². The first-order chi connectivity index (χ1) is 15.6. The number of amides is 3. The number of nitrogens with one attached hydrogen (secondary N) is 2. The summed E-state index contributed by atoms with van der Waals surface area (Å²) in [7, 11) is 0. The van der Waals surface area contributed by atoms with Gasteiger partial charge in [0.25, 0.3) is 0 Å². The number of likely N-dealkylation sites (tertiary alicyclic amines) is 1. The summed E-state index contributed by atoms with van der Waals surface area (Å²) in [4.78, 5) is 30.8. The minimum Gasteiger partial charge on any atom is -0.492 e. The van der Waals surface area contributed by atoms with E-state index < -0.39 is 6.03 Å². The van der Waals surface area contributed by atoms with Crippen molar-refractivity contribution in [3.05, 3.63) is 71.9 Å². The van der Waals surface area contributed by atoms with Gasteiger partial charge in [-0.15, -0.1) is 0 Å². The quantitative estimate of drug-likeness (QED) is 0.562. The van der Waals surface area contributed by atoms with E-state index in [1.165, 1.54) is 0 Å². The minimum atomic E-state index is -0.415. The van der Waals surface area contributed by atoms with Crippen LogP contribution in [0.4, 0.5) is 10.5 Å². The molecule has 3 aromatic rings. The van der Waals surface area contributed by atoms with E-state index in [2.05, 4.69) is 20.8 Å². The molecule has 9 nitrogen and oxygen atoms in total. The van der Waals surface area contributed by atoms with E-state index >= 15 is 0 Å². The van der Waals surface area contributed by atoms with Crippen molar-refractivity contribution < 1.29 is 18.8 Å². The molecule has 0 radical (unpaired) electrons. The Labute approximate surface area is 185 Å². The molecule has 2 aromatic carbocycles. The largest absolute Gasteiger partial charge is 0.492 e. The predicted octanol–water partition coefficient (Wildman–Crippen LogP) is 3.31. The number of aromatic nitrogens is 2. The molecule has 1 saturated heterocycles. The molecule has 1 aliphatic heterocycles. The molecular formula is C23H25N5O4. The summed E-state index contributed by atoms with van der Waals surface area (Å²) in [5.41, 5.74) is 1.65. The molecule has 166 valence electrons. The zero-order valence-electron chi connectivity index (χ0n) is 17.8. The molecule has 32 heavy (non-hydrogen) atoms. The van der Waals surface area contributed by atoms with Crippen molar-refractivity contribution in [2.24, 2.45) is 0 Å². The maximum absolute atomic E-state index is 12.4. The van der Waals surface area contributed by atoms with E-state index in [4.69, 9.17) is 9.26 Å². The van der Waals surface area contributed by atoms with Crippen LogP contribution in [0.2, 0.25) is 0 Å². The Kier molecular flexibility index (Phi) is 6.64. The number of anilines is 1. The third kappa shape index (κ3) is 5.23. The zero-order chi connectivity index (χ0) is 22.3. The van der Waals surface area contributed by atoms with E-state index in [0.29, 0.717) is 43.4 Å². The van der Waals surface area contributed by atoms with Crippen LogP contribution in [0.25, 0.3) is 0 Å². The van der Waals surface area contributed by atoms with Crippen LogP contribution in [0.3, 0.4) is 0 Å². The van der Waals surface area contributed by atoms with E-state index in [-0.39, 0.29) is 24.3 Å². The molecule has 2 heterocycles. The van der Waals surface area contributed by atoms with Gasteiger partial charge >= 0.3 is 6.03 Å². The van der Waals surface area contributed by atoms with Gasteiger partial charge in [0.15, 0.2) is 5.82 Å². The molecular weight excluding hydrogens is 410 g/mol. The molecule has 1 aromatic heterocycles. The van der Waals surface area contributed by atoms with Gasteiger partial charge in [0, 0.05) is 25.4 Å². The molecule has 0 saturated carbocycles. The average Bonchev–Trinajstić information content (AvgIpc) is 3.41. The highest BCUT2D eigenvalue weighted by atomic mass is 16.5. The normalized spacial score (nSPS) is 15.6. The standard InChI is InChI=1S/C23H25N5O4/c1-2-31-19-11-7-6-10-18(19)25-23(30)24-13-20-26-22(27-32-20)17-12-21(29)28(15-17)14-16-8-4-3-5-9-16/h3-11,17H,2,12-15H2,1H3,(H2,24,25,30). The van der Waals surface area contributed by atoms with Gasteiger partial charge in [-0.25, -0.2) is 4.79 Å². The van der Waals surface area contributed by atoms with Gasteiger partial charge in [0.2, 0.25) is 11.8 Å². The second-order valence-corrected chi connectivity index (χ2v) is 7.44. The first kappa shape index (κ1) is 21.4. The van der Waals surface area contributed by atoms with Crippen LogP contribution < -0.4 is 15.4 Å². The molecule has 0 spiro atoms. The summed E-state index contributed by atoms with van der Waals surface area (Å²) in [5, 5.41) is 9.46. The number of urea groups is 1. The lowest BCUT2D eigenvalue weighted by molar-refractivity contribution is -0.128. The molecule has 3 amide bonds. The van der Waals surface area contributed by atoms with Crippen LogP contribution >= 0.6 is 0 Å². The first-order valence-corrected chi connectivity index (χ1v) is 10.5. The maximum Gasteiger partial charge on any atom is 0.319 e. The number of rotatable bonds is 8. The molecule has 0 bridgehead atoms. The highest BCUT2D eigenvalue weighted by Gasteiger charge is 2.33. The van der Waals surface area contributed by atoms with E-state index in [1.54, 1.807) is 17.0 Å². The monoisotopic (exact) mass is 435 g/mol. The summed E-state index contributed by atoms with van der Waals surface area (Å²) in [6, 6.07) is 16.6. The Morgan fingerprint density at radius 3 is 2.78 bits per heavy atom. The van der Waals surface area contributed by atoms with Gasteiger partial charge in [-0.2, -0.15) is 4.98 Å². The van der Waals surface area contributed by atoms with E-state index in [1.807, 2.05) is 49.4 Å². The lowest BCUT2D eigenvalue weighted by atomic mass is 10.1. The highest BCUT2D eigenvalue weighted by molar-refractivity contribution is 5.90. The fourth-order valence-corrected chi connectivity index (χ4v) is 3.58. The Hall–Kier alpha value is -3.88. The maximum atomic E-state index is 12.4. The summed E-state index contributed by atoms with van der Waals surface area (Å²) in [6.07, 6.45) is 0.341. The van der Waals surface area contributed by atoms with Gasteiger partial charge in [0.05, 0.1) is 18.8 Å². The van der Waals surface area contributed by atoms with E-state index in [9.17, 15) is 9.59 Å². The van der Waals surface area contributed by atoms with Crippen molar-refractivity contribution in [2.45, 2.75) is 32.4 Å². The lowest BCUT2D eigenvalue weighted by Crippen LogP contribution is -2.28. The Balaban J connectivity index is 1.30. The predicted molar refractivity (Wildman–Crippen MR) is 117 cm³/mol. The van der Waals surface area contributed by atoms with Crippen LogP contribution in [0.15, 0.2) is 59.1 Å². The number of ether oxygens (including phenoxy) is 1.